The van der Waals surface area contributed by atoms with Crippen molar-refractivity contribution in [2.75, 3.05) is 13.7 Å². The van der Waals surface area contributed by atoms with Gasteiger partial charge in [0.15, 0.2) is 0 Å². The van der Waals surface area contributed by atoms with Crippen LogP contribution in [0.2, 0.25) is 0 Å². The number of carbonyl (C=O) groups is 1. The zero-order chi connectivity index (χ0) is 10.1. The van der Waals surface area contributed by atoms with Gasteiger partial charge in [-0.3, -0.25) is 0 Å². The first-order valence-electron chi connectivity index (χ1n) is 4.64. The minimum Gasteiger partial charge on any atom is -0.465 e. The van der Waals surface area contributed by atoms with Crippen LogP contribution in [-0.4, -0.2) is 19.6 Å². The molecule has 1 fully saturated rings. The number of rotatable bonds is 2. The molecule has 14 heavy (non-hydrogen) atoms. The van der Waals surface area contributed by atoms with E-state index in [1.54, 1.807) is 13.0 Å². The molecule has 0 saturated carbocycles. The molecule has 1 saturated heterocycles. The maximum Gasteiger partial charge on any atom is 0.341 e. The van der Waals surface area contributed by atoms with Gasteiger partial charge < -0.3 is 14.5 Å². The van der Waals surface area contributed by atoms with Crippen LogP contribution in [0.4, 0.5) is 0 Å². The van der Waals surface area contributed by atoms with E-state index in [9.17, 15) is 4.79 Å². The second kappa shape index (κ2) is 3.46. The van der Waals surface area contributed by atoms with Crippen LogP contribution >= 0.6 is 0 Å². The molecule has 0 bridgehead atoms. The Morgan fingerprint density at radius 3 is 2.93 bits per heavy atom. The third-order valence-electron chi connectivity index (χ3n) is 2.51. The predicted molar refractivity (Wildman–Crippen MR) is 50.1 cm³/mol. The zero-order valence-electron chi connectivity index (χ0n) is 8.29. The van der Waals surface area contributed by atoms with E-state index >= 15 is 0 Å². The van der Waals surface area contributed by atoms with Gasteiger partial charge in [0.2, 0.25) is 0 Å². The number of nitrogens with one attached hydrogen (secondary N) is 1. The maximum atomic E-state index is 11.3. The average Bonchev–Trinajstić information content (AvgIpc) is 2.43. The molecule has 1 aromatic heterocycles. The summed E-state index contributed by atoms with van der Waals surface area (Å²) in [6, 6.07) is 2.03. The summed E-state index contributed by atoms with van der Waals surface area (Å²) in [7, 11) is 1.37. The first-order chi connectivity index (χ1) is 6.72. The molecule has 1 aromatic rings. The highest BCUT2D eigenvalue weighted by Gasteiger charge is 2.25. The molecule has 76 valence electrons. The topological polar surface area (TPSA) is 51.5 Å². The molecule has 1 N–H and O–H groups in total. The molecule has 2 heterocycles. The summed E-state index contributed by atoms with van der Waals surface area (Å²) >= 11 is 0. The van der Waals surface area contributed by atoms with Crippen molar-refractivity contribution in [2.24, 2.45) is 0 Å². The molecule has 4 heteroatoms. The van der Waals surface area contributed by atoms with Gasteiger partial charge in [0, 0.05) is 0 Å². The molecule has 1 aliphatic rings. The van der Waals surface area contributed by atoms with Crippen LogP contribution in [0.25, 0.3) is 0 Å². The second-order valence-electron chi connectivity index (χ2n) is 3.41. The Balaban J connectivity index is 2.24. The third-order valence-corrected chi connectivity index (χ3v) is 2.51. The number of aryl methyl sites for hydroxylation is 1. The second-order valence-corrected chi connectivity index (χ2v) is 3.41. The molecular weight excluding hydrogens is 182 g/mol. The van der Waals surface area contributed by atoms with Crippen LogP contribution in [0.5, 0.6) is 0 Å². The van der Waals surface area contributed by atoms with Crippen molar-refractivity contribution in [3.8, 4) is 0 Å². The maximum absolute atomic E-state index is 11.3. The SMILES string of the molecule is COC(=O)c1cc(C2CCN2)oc1C. The Kier molecular flexibility index (Phi) is 2.29. The van der Waals surface area contributed by atoms with E-state index in [1.807, 2.05) is 0 Å². The Labute approximate surface area is 82.2 Å². The molecular formula is C10H13NO3. The summed E-state index contributed by atoms with van der Waals surface area (Å²) < 4.78 is 10.1. The van der Waals surface area contributed by atoms with Crippen molar-refractivity contribution in [1.29, 1.82) is 0 Å². The number of hydrogen-bond acceptors (Lipinski definition) is 4. The van der Waals surface area contributed by atoms with Crippen molar-refractivity contribution in [2.45, 2.75) is 19.4 Å². The van der Waals surface area contributed by atoms with Crippen LogP contribution in [0.3, 0.4) is 0 Å². The van der Waals surface area contributed by atoms with Gasteiger partial charge >= 0.3 is 5.97 Å². The lowest BCUT2D eigenvalue weighted by molar-refractivity contribution is 0.0599. The Morgan fingerprint density at radius 2 is 2.43 bits per heavy atom. The van der Waals surface area contributed by atoms with Gasteiger partial charge in [0.05, 0.1) is 13.2 Å². The third kappa shape index (κ3) is 1.42. The van der Waals surface area contributed by atoms with Crippen LogP contribution < -0.4 is 5.32 Å². The number of hydrogen-bond donors (Lipinski definition) is 1. The number of carbonyl (C=O) groups excluding carboxylic acids is 1. The van der Waals surface area contributed by atoms with E-state index < -0.39 is 0 Å². The Morgan fingerprint density at radius 1 is 1.71 bits per heavy atom. The number of esters is 1. The predicted octanol–water partition coefficient (Wildman–Crippen LogP) is 1.41. The van der Waals surface area contributed by atoms with Gasteiger partial charge in [-0.15, -0.1) is 0 Å². The molecule has 1 aliphatic heterocycles. The molecule has 0 spiro atoms. The number of methoxy groups -OCH3 is 1. The minimum atomic E-state index is -0.336. The van der Waals surface area contributed by atoms with Gasteiger partial charge in [0.25, 0.3) is 0 Å². The lowest BCUT2D eigenvalue weighted by Gasteiger charge is -2.25. The van der Waals surface area contributed by atoms with E-state index in [4.69, 9.17) is 4.42 Å². The summed E-state index contributed by atoms with van der Waals surface area (Å²) in [5.41, 5.74) is 0.524. The molecule has 0 amide bonds. The number of ether oxygens (including phenoxy) is 1. The lowest BCUT2D eigenvalue weighted by Crippen LogP contribution is -2.34. The zero-order valence-corrected chi connectivity index (χ0v) is 8.29. The monoisotopic (exact) mass is 195 g/mol. The molecule has 0 aliphatic carbocycles. The highest BCUT2D eigenvalue weighted by molar-refractivity contribution is 5.90. The highest BCUT2D eigenvalue weighted by atomic mass is 16.5. The summed E-state index contributed by atoms with van der Waals surface area (Å²) in [5, 5.41) is 3.21. The summed E-state index contributed by atoms with van der Waals surface area (Å²) in [5.74, 6) is 1.12. The first-order valence-corrected chi connectivity index (χ1v) is 4.64. The van der Waals surface area contributed by atoms with Crippen LogP contribution in [0, 0.1) is 6.92 Å². The minimum absolute atomic E-state index is 0.270. The molecule has 0 aromatic carbocycles. The van der Waals surface area contributed by atoms with Gasteiger partial charge in [-0.25, -0.2) is 4.79 Å². The van der Waals surface area contributed by atoms with E-state index in [0.29, 0.717) is 11.3 Å². The van der Waals surface area contributed by atoms with Crippen LogP contribution in [0.15, 0.2) is 10.5 Å². The van der Waals surface area contributed by atoms with Crippen molar-refractivity contribution < 1.29 is 13.9 Å². The van der Waals surface area contributed by atoms with E-state index in [0.717, 1.165) is 18.7 Å². The molecule has 2 rings (SSSR count). The van der Waals surface area contributed by atoms with Gasteiger partial charge in [-0.1, -0.05) is 0 Å². The van der Waals surface area contributed by atoms with Crippen molar-refractivity contribution in [3.63, 3.8) is 0 Å². The normalized spacial score (nSPS) is 20.3. The van der Waals surface area contributed by atoms with Crippen LogP contribution in [-0.2, 0) is 4.74 Å². The molecule has 1 unspecified atom stereocenters. The number of furan rings is 1. The van der Waals surface area contributed by atoms with E-state index in [2.05, 4.69) is 10.1 Å². The fourth-order valence-electron chi connectivity index (χ4n) is 1.52. The quantitative estimate of drug-likeness (QED) is 0.725. The fourth-order valence-corrected chi connectivity index (χ4v) is 1.52. The first kappa shape index (κ1) is 9.27. The average molecular weight is 195 g/mol. The summed E-state index contributed by atoms with van der Waals surface area (Å²) in [6.45, 7) is 2.78. The van der Waals surface area contributed by atoms with Gasteiger partial charge in [-0.2, -0.15) is 0 Å². The highest BCUT2D eigenvalue weighted by Crippen LogP contribution is 2.27. The summed E-state index contributed by atoms with van der Waals surface area (Å²) in [4.78, 5) is 11.3. The fraction of sp³-hybridized carbons (Fsp3) is 0.500. The van der Waals surface area contributed by atoms with E-state index in [1.165, 1.54) is 7.11 Å². The van der Waals surface area contributed by atoms with Crippen molar-refractivity contribution >= 4 is 5.97 Å². The van der Waals surface area contributed by atoms with Gasteiger partial charge in [0.1, 0.15) is 17.1 Å². The molecule has 4 nitrogen and oxygen atoms in total. The van der Waals surface area contributed by atoms with Crippen molar-refractivity contribution in [3.05, 3.63) is 23.2 Å². The lowest BCUT2D eigenvalue weighted by atomic mass is 10.0. The summed E-state index contributed by atoms with van der Waals surface area (Å²) in [6.07, 6.45) is 1.06. The van der Waals surface area contributed by atoms with E-state index in [-0.39, 0.29) is 12.0 Å². The Bertz CT molecular complexity index is 352. The molecule has 1 atom stereocenters. The Hall–Kier alpha value is -1.29. The largest absolute Gasteiger partial charge is 0.465 e. The van der Waals surface area contributed by atoms with Crippen LogP contribution in [0.1, 0.15) is 34.3 Å². The van der Waals surface area contributed by atoms with Gasteiger partial charge in [-0.05, 0) is 26.0 Å². The standard InChI is InChI=1S/C10H13NO3/c1-6-7(10(12)13-2)5-9(14-6)8-3-4-11-8/h5,8,11H,3-4H2,1-2H3. The smallest absolute Gasteiger partial charge is 0.341 e. The molecule has 0 radical (unpaired) electrons. The van der Waals surface area contributed by atoms with Crippen molar-refractivity contribution in [1.82, 2.24) is 5.32 Å².